The summed E-state index contributed by atoms with van der Waals surface area (Å²) in [7, 11) is 5.37. The van der Waals surface area contributed by atoms with Crippen LogP contribution in [0.1, 0.15) is 22.7 Å². The van der Waals surface area contributed by atoms with Crippen LogP contribution >= 0.6 is 0 Å². The molecule has 2 aliphatic rings. The first kappa shape index (κ1) is 14.4. The van der Waals surface area contributed by atoms with Gasteiger partial charge in [-0.05, 0) is 36.6 Å². The Balaban J connectivity index is 2.13. The third-order valence-corrected chi connectivity index (χ3v) is 5.22. The molecule has 4 nitrogen and oxygen atoms in total. The van der Waals surface area contributed by atoms with Gasteiger partial charge >= 0.3 is 0 Å². The molecule has 0 saturated heterocycles. The minimum Gasteiger partial charge on any atom is -0.504 e. The van der Waals surface area contributed by atoms with Crippen LogP contribution < -0.4 is 9.47 Å². The lowest BCUT2D eigenvalue weighted by Gasteiger charge is -2.40. The van der Waals surface area contributed by atoms with Gasteiger partial charge in [-0.2, -0.15) is 0 Å². The number of aromatic hydroxyl groups is 1. The van der Waals surface area contributed by atoms with Crippen molar-refractivity contribution in [2.24, 2.45) is 0 Å². The van der Waals surface area contributed by atoms with Crippen LogP contribution in [0, 0.1) is 0 Å². The highest BCUT2D eigenvalue weighted by atomic mass is 16.5. The normalized spacial score (nSPS) is 19.0. The third-order valence-electron chi connectivity index (χ3n) is 5.22. The van der Waals surface area contributed by atoms with Crippen molar-refractivity contribution in [3.8, 4) is 28.4 Å². The number of rotatable bonds is 2. The van der Waals surface area contributed by atoms with Crippen molar-refractivity contribution in [2.45, 2.75) is 18.9 Å². The summed E-state index contributed by atoms with van der Waals surface area (Å²) in [6.07, 6.45) is 1.78. The predicted octanol–water partition coefficient (Wildman–Crippen LogP) is 3.16. The second kappa shape index (κ2) is 5.17. The molecular formula is C19H21NO3. The standard InChI is InChI=1S/C19H21NO3/c1-20-9-8-13-15-14(20)10-11-6-4-5-7-12(11)16(15)18(22-2)19(23-3)17(13)21/h4-7,14,21H,8-10H2,1-3H3. The van der Waals surface area contributed by atoms with Crippen LogP contribution in [-0.2, 0) is 12.8 Å². The molecule has 1 heterocycles. The summed E-state index contributed by atoms with van der Waals surface area (Å²) >= 11 is 0. The number of hydrogen-bond acceptors (Lipinski definition) is 4. The maximum atomic E-state index is 10.7. The highest BCUT2D eigenvalue weighted by Gasteiger charge is 2.38. The second-order valence-corrected chi connectivity index (χ2v) is 6.29. The molecule has 2 aromatic carbocycles. The van der Waals surface area contributed by atoms with Gasteiger partial charge in [-0.25, -0.2) is 0 Å². The Hall–Kier alpha value is -2.20. The maximum absolute atomic E-state index is 10.7. The Morgan fingerprint density at radius 3 is 2.61 bits per heavy atom. The molecule has 23 heavy (non-hydrogen) atoms. The number of benzene rings is 2. The van der Waals surface area contributed by atoms with Gasteiger partial charge in [-0.15, -0.1) is 0 Å². The minimum absolute atomic E-state index is 0.237. The van der Waals surface area contributed by atoms with Crippen LogP contribution in [0.4, 0.5) is 0 Å². The zero-order valence-electron chi connectivity index (χ0n) is 13.7. The number of fused-ring (bicyclic) bond motifs is 2. The van der Waals surface area contributed by atoms with E-state index < -0.39 is 0 Å². The summed E-state index contributed by atoms with van der Waals surface area (Å²) in [5, 5.41) is 10.7. The number of hydrogen-bond donors (Lipinski definition) is 1. The van der Waals surface area contributed by atoms with Crippen molar-refractivity contribution in [2.75, 3.05) is 27.8 Å². The molecule has 1 aliphatic carbocycles. The van der Waals surface area contributed by atoms with E-state index >= 15 is 0 Å². The topological polar surface area (TPSA) is 41.9 Å². The SMILES string of the molecule is COc1c(O)c2c3c(c1OC)-c1ccccc1CC3N(C)CC2. The molecule has 1 N–H and O–H groups in total. The molecular weight excluding hydrogens is 290 g/mol. The largest absolute Gasteiger partial charge is 0.504 e. The van der Waals surface area contributed by atoms with E-state index in [2.05, 4.69) is 36.2 Å². The summed E-state index contributed by atoms with van der Waals surface area (Å²) in [5.41, 5.74) is 5.79. The summed E-state index contributed by atoms with van der Waals surface area (Å²) in [6.45, 7) is 0.933. The average Bonchev–Trinajstić information content (AvgIpc) is 2.58. The molecule has 4 heteroatoms. The number of ether oxygens (including phenoxy) is 2. The number of phenols is 1. The van der Waals surface area contributed by atoms with E-state index in [9.17, 15) is 5.11 Å². The van der Waals surface area contributed by atoms with Crippen molar-refractivity contribution in [3.63, 3.8) is 0 Å². The van der Waals surface area contributed by atoms with Crippen molar-refractivity contribution in [1.29, 1.82) is 0 Å². The first-order chi connectivity index (χ1) is 11.2. The molecule has 1 unspecified atom stereocenters. The van der Waals surface area contributed by atoms with E-state index in [4.69, 9.17) is 9.47 Å². The van der Waals surface area contributed by atoms with E-state index in [1.54, 1.807) is 14.2 Å². The van der Waals surface area contributed by atoms with Gasteiger partial charge in [0.25, 0.3) is 0 Å². The molecule has 1 atom stereocenters. The molecule has 0 aromatic heterocycles. The van der Waals surface area contributed by atoms with Gasteiger partial charge in [-0.1, -0.05) is 24.3 Å². The summed E-state index contributed by atoms with van der Waals surface area (Å²) in [4.78, 5) is 2.37. The maximum Gasteiger partial charge on any atom is 0.204 e. The fourth-order valence-electron chi connectivity index (χ4n) is 4.10. The van der Waals surface area contributed by atoms with Crippen LogP contribution in [-0.4, -0.2) is 37.8 Å². The van der Waals surface area contributed by atoms with Gasteiger partial charge in [0.15, 0.2) is 11.5 Å². The quantitative estimate of drug-likeness (QED) is 0.925. The first-order valence-electron chi connectivity index (χ1n) is 7.95. The molecule has 1 aliphatic heterocycles. The van der Waals surface area contributed by atoms with Crippen LogP contribution in [0.3, 0.4) is 0 Å². The van der Waals surface area contributed by atoms with Gasteiger partial charge < -0.3 is 14.6 Å². The molecule has 0 fully saturated rings. The van der Waals surface area contributed by atoms with E-state index in [1.807, 2.05) is 0 Å². The Kier molecular flexibility index (Phi) is 3.23. The Bertz CT molecular complexity index is 785. The van der Waals surface area contributed by atoms with E-state index in [0.717, 1.165) is 30.5 Å². The van der Waals surface area contributed by atoms with Gasteiger partial charge in [0, 0.05) is 23.7 Å². The van der Waals surface area contributed by atoms with Crippen molar-refractivity contribution in [1.82, 2.24) is 4.90 Å². The van der Waals surface area contributed by atoms with Crippen LogP contribution in [0.5, 0.6) is 17.2 Å². The Morgan fingerprint density at radius 2 is 1.87 bits per heavy atom. The fraction of sp³-hybridized carbons (Fsp3) is 0.368. The summed E-state index contributed by atoms with van der Waals surface area (Å²) in [5.74, 6) is 1.32. The fourth-order valence-corrected chi connectivity index (χ4v) is 4.10. The summed E-state index contributed by atoms with van der Waals surface area (Å²) < 4.78 is 11.2. The van der Waals surface area contributed by atoms with E-state index in [0.29, 0.717) is 11.5 Å². The molecule has 0 bridgehead atoms. The van der Waals surface area contributed by atoms with Crippen LogP contribution in [0.25, 0.3) is 11.1 Å². The third kappa shape index (κ3) is 1.88. The predicted molar refractivity (Wildman–Crippen MR) is 89.4 cm³/mol. The van der Waals surface area contributed by atoms with Gasteiger partial charge in [-0.3, -0.25) is 4.90 Å². The molecule has 2 aromatic rings. The lowest BCUT2D eigenvalue weighted by molar-refractivity contribution is 0.223. The monoisotopic (exact) mass is 311 g/mol. The summed E-state index contributed by atoms with van der Waals surface area (Å²) in [6, 6.07) is 8.72. The molecule has 0 saturated carbocycles. The highest BCUT2D eigenvalue weighted by Crippen LogP contribution is 2.56. The molecule has 0 amide bonds. The average molecular weight is 311 g/mol. The number of likely N-dealkylation sites (N-methyl/N-ethyl adjacent to an activating group) is 1. The smallest absolute Gasteiger partial charge is 0.204 e. The number of methoxy groups -OCH3 is 2. The van der Waals surface area contributed by atoms with E-state index in [-0.39, 0.29) is 11.8 Å². The van der Waals surface area contributed by atoms with Crippen molar-refractivity contribution >= 4 is 0 Å². The Morgan fingerprint density at radius 1 is 1.13 bits per heavy atom. The van der Waals surface area contributed by atoms with E-state index in [1.165, 1.54) is 16.7 Å². The minimum atomic E-state index is 0.237. The van der Waals surface area contributed by atoms with Crippen molar-refractivity contribution < 1.29 is 14.6 Å². The van der Waals surface area contributed by atoms with Gasteiger partial charge in [0.1, 0.15) is 0 Å². The number of nitrogens with zero attached hydrogens (tertiary/aromatic N) is 1. The number of phenolic OH excluding ortho intramolecular Hbond substituents is 1. The highest BCUT2D eigenvalue weighted by molar-refractivity contribution is 5.85. The molecule has 120 valence electrons. The molecule has 0 spiro atoms. The molecule has 4 rings (SSSR count). The lowest BCUT2D eigenvalue weighted by Crippen LogP contribution is -2.35. The van der Waals surface area contributed by atoms with Crippen LogP contribution in [0.15, 0.2) is 24.3 Å². The lowest BCUT2D eigenvalue weighted by atomic mass is 9.76. The van der Waals surface area contributed by atoms with Gasteiger partial charge in [0.2, 0.25) is 5.75 Å². The zero-order chi connectivity index (χ0) is 16.1. The van der Waals surface area contributed by atoms with Crippen molar-refractivity contribution in [3.05, 3.63) is 41.0 Å². The van der Waals surface area contributed by atoms with Crippen LogP contribution in [0.2, 0.25) is 0 Å². The zero-order valence-corrected chi connectivity index (χ0v) is 13.7. The van der Waals surface area contributed by atoms with Gasteiger partial charge in [0.05, 0.1) is 14.2 Å². The molecule has 0 radical (unpaired) electrons. The second-order valence-electron chi connectivity index (χ2n) is 6.29. The Labute approximate surface area is 136 Å². The first-order valence-corrected chi connectivity index (χ1v) is 7.95.